The molecule has 0 bridgehead atoms. The van der Waals surface area contributed by atoms with Crippen LogP contribution in [0.4, 0.5) is 11.6 Å². The summed E-state index contributed by atoms with van der Waals surface area (Å²) in [6.45, 7) is 2.82. The molecule has 0 spiro atoms. The average molecular weight is 243 g/mol. The zero-order valence-corrected chi connectivity index (χ0v) is 10.4. The van der Waals surface area contributed by atoms with Crippen LogP contribution in [0.25, 0.3) is 0 Å². The maximum Gasteiger partial charge on any atom is 0.134 e. The molecule has 0 unspecified atom stereocenters. The van der Waals surface area contributed by atoms with Crippen molar-refractivity contribution >= 4 is 11.6 Å². The van der Waals surface area contributed by atoms with Gasteiger partial charge >= 0.3 is 0 Å². The van der Waals surface area contributed by atoms with Gasteiger partial charge in [-0.05, 0) is 18.6 Å². The van der Waals surface area contributed by atoms with Crippen molar-refractivity contribution in [1.82, 2.24) is 15.0 Å². The molecule has 0 amide bonds. The van der Waals surface area contributed by atoms with E-state index in [1.165, 1.54) is 6.33 Å². The van der Waals surface area contributed by atoms with Crippen LogP contribution < -0.4 is 11.1 Å². The Labute approximate surface area is 106 Å². The molecule has 18 heavy (non-hydrogen) atoms. The van der Waals surface area contributed by atoms with E-state index in [1.807, 2.05) is 25.1 Å². The average Bonchev–Trinajstić information content (AvgIpc) is 2.40. The molecule has 2 rings (SSSR count). The lowest BCUT2D eigenvalue weighted by molar-refractivity contribution is 0.940. The highest BCUT2D eigenvalue weighted by Gasteiger charge is 2.06. The fraction of sp³-hybridized carbons (Fsp3) is 0.308. The summed E-state index contributed by atoms with van der Waals surface area (Å²) < 4.78 is 0. The highest BCUT2D eigenvalue weighted by Crippen LogP contribution is 2.17. The van der Waals surface area contributed by atoms with Gasteiger partial charge in [-0.15, -0.1) is 0 Å². The van der Waals surface area contributed by atoms with E-state index in [0.717, 1.165) is 36.5 Å². The maximum atomic E-state index is 5.81. The van der Waals surface area contributed by atoms with E-state index >= 15 is 0 Å². The Bertz CT molecular complexity index is 498. The lowest BCUT2D eigenvalue weighted by atomic mass is 10.2. The van der Waals surface area contributed by atoms with Gasteiger partial charge in [-0.2, -0.15) is 0 Å². The van der Waals surface area contributed by atoms with Gasteiger partial charge in [0, 0.05) is 30.4 Å². The summed E-state index contributed by atoms with van der Waals surface area (Å²) in [5.74, 6) is 1.37. The van der Waals surface area contributed by atoms with Gasteiger partial charge in [0.1, 0.15) is 18.0 Å². The van der Waals surface area contributed by atoms with Crippen LogP contribution in [0.2, 0.25) is 0 Å². The summed E-state index contributed by atoms with van der Waals surface area (Å²) in [5.41, 5.74) is 7.84. The summed E-state index contributed by atoms with van der Waals surface area (Å²) >= 11 is 0. The van der Waals surface area contributed by atoms with Gasteiger partial charge in [0.2, 0.25) is 0 Å². The Morgan fingerprint density at radius 2 is 2.11 bits per heavy atom. The van der Waals surface area contributed by atoms with E-state index in [9.17, 15) is 0 Å². The zero-order valence-electron chi connectivity index (χ0n) is 10.4. The molecular formula is C13H17N5. The summed E-state index contributed by atoms with van der Waals surface area (Å²) in [6, 6.07) is 5.91. The number of nitrogens with zero attached hydrogens (tertiary/aromatic N) is 3. The van der Waals surface area contributed by atoms with Crippen molar-refractivity contribution in [3.8, 4) is 0 Å². The van der Waals surface area contributed by atoms with Gasteiger partial charge in [-0.3, -0.25) is 4.98 Å². The quantitative estimate of drug-likeness (QED) is 0.835. The molecule has 5 heteroatoms. The molecular weight excluding hydrogens is 226 g/mol. The molecule has 0 radical (unpaired) electrons. The molecule has 3 N–H and O–H groups in total. The minimum absolute atomic E-state index is 0.549. The van der Waals surface area contributed by atoms with E-state index < -0.39 is 0 Å². The Balaban J connectivity index is 1.96. The van der Waals surface area contributed by atoms with Crippen molar-refractivity contribution in [2.45, 2.75) is 19.8 Å². The Kier molecular flexibility index (Phi) is 4.06. The van der Waals surface area contributed by atoms with Gasteiger partial charge in [-0.1, -0.05) is 13.0 Å². The van der Waals surface area contributed by atoms with Crippen molar-refractivity contribution < 1.29 is 0 Å². The standard InChI is InChI=1S/C13H17N5/c1-2-11-12(14)17-9-18-13(11)16-8-6-10-5-3-4-7-15-10/h3-5,7,9H,2,6,8H2,1H3,(H3,14,16,17,18). The normalized spacial score (nSPS) is 10.3. The number of hydrogen-bond acceptors (Lipinski definition) is 5. The third-order valence-corrected chi connectivity index (χ3v) is 2.73. The number of rotatable bonds is 5. The summed E-state index contributed by atoms with van der Waals surface area (Å²) in [7, 11) is 0. The largest absolute Gasteiger partial charge is 0.383 e. The monoisotopic (exact) mass is 243 g/mol. The van der Waals surface area contributed by atoms with Crippen molar-refractivity contribution in [3.05, 3.63) is 42.0 Å². The highest BCUT2D eigenvalue weighted by atomic mass is 15.0. The SMILES string of the molecule is CCc1c(N)ncnc1NCCc1ccccn1. The van der Waals surface area contributed by atoms with Crippen molar-refractivity contribution in [2.24, 2.45) is 0 Å². The van der Waals surface area contributed by atoms with E-state index in [-0.39, 0.29) is 0 Å². The molecule has 0 fully saturated rings. The van der Waals surface area contributed by atoms with Crippen LogP contribution >= 0.6 is 0 Å². The highest BCUT2D eigenvalue weighted by molar-refractivity contribution is 5.54. The minimum atomic E-state index is 0.549. The number of hydrogen-bond donors (Lipinski definition) is 2. The zero-order chi connectivity index (χ0) is 12.8. The molecule has 2 aromatic heterocycles. The number of nitrogens with one attached hydrogen (secondary N) is 1. The van der Waals surface area contributed by atoms with Crippen LogP contribution in [0.3, 0.4) is 0 Å². The van der Waals surface area contributed by atoms with E-state index in [0.29, 0.717) is 5.82 Å². The van der Waals surface area contributed by atoms with Gasteiger partial charge < -0.3 is 11.1 Å². The van der Waals surface area contributed by atoms with Gasteiger partial charge in [0.15, 0.2) is 0 Å². The number of pyridine rings is 1. The van der Waals surface area contributed by atoms with Crippen LogP contribution in [-0.2, 0) is 12.8 Å². The Morgan fingerprint density at radius 1 is 1.22 bits per heavy atom. The maximum absolute atomic E-state index is 5.81. The number of nitrogens with two attached hydrogens (primary N) is 1. The first-order chi connectivity index (χ1) is 8.81. The first kappa shape index (κ1) is 12.3. The van der Waals surface area contributed by atoms with Crippen LogP contribution in [0, 0.1) is 0 Å². The summed E-state index contributed by atoms with van der Waals surface area (Å²) in [4.78, 5) is 12.5. The second-order valence-electron chi connectivity index (χ2n) is 3.94. The van der Waals surface area contributed by atoms with Crippen molar-refractivity contribution in [2.75, 3.05) is 17.6 Å². The van der Waals surface area contributed by atoms with E-state index in [4.69, 9.17) is 5.73 Å². The van der Waals surface area contributed by atoms with Gasteiger partial charge in [0.25, 0.3) is 0 Å². The van der Waals surface area contributed by atoms with Crippen LogP contribution in [0.15, 0.2) is 30.7 Å². The van der Waals surface area contributed by atoms with Crippen molar-refractivity contribution in [1.29, 1.82) is 0 Å². The predicted octanol–water partition coefficient (Wildman–Crippen LogP) is 1.67. The van der Waals surface area contributed by atoms with Crippen molar-refractivity contribution in [3.63, 3.8) is 0 Å². The molecule has 0 aromatic carbocycles. The molecule has 0 aliphatic heterocycles. The summed E-state index contributed by atoms with van der Waals surface area (Å²) in [6.07, 6.45) is 4.96. The molecule has 94 valence electrons. The van der Waals surface area contributed by atoms with Gasteiger partial charge in [0.05, 0.1) is 0 Å². The number of anilines is 2. The third kappa shape index (κ3) is 2.94. The topological polar surface area (TPSA) is 76.7 Å². The molecule has 0 saturated carbocycles. The smallest absolute Gasteiger partial charge is 0.134 e. The Morgan fingerprint density at radius 3 is 2.83 bits per heavy atom. The molecule has 0 atom stereocenters. The minimum Gasteiger partial charge on any atom is -0.383 e. The lowest BCUT2D eigenvalue weighted by Gasteiger charge is -2.10. The molecule has 0 saturated heterocycles. The number of nitrogen functional groups attached to an aromatic ring is 1. The van der Waals surface area contributed by atoms with E-state index in [1.54, 1.807) is 6.20 Å². The second-order valence-corrected chi connectivity index (χ2v) is 3.94. The lowest BCUT2D eigenvalue weighted by Crippen LogP contribution is -2.11. The summed E-state index contributed by atoms with van der Waals surface area (Å²) in [5, 5.41) is 3.28. The van der Waals surface area contributed by atoms with Crippen LogP contribution in [0.1, 0.15) is 18.2 Å². The third-order valence-electron chi connectivity index (χ3n) is 2.73. The fourth-order valence-electron chi connectivity index (χ4n) is 1.78. The van der Waals surface area contributed by atoms with E-state index in [2.05, 4.69) is 20.3 Å². The molecule has 0 aliphatic carbocycles. The Hall–Kier alpha value is -2.17. The predicted molar refractivity (Wildman–Crippen MR) is 72.3 cm³/mol. The molecule has 2 heterocycles. The second kappa shape index (κ2) is 5.95. The van der Waals surface area contributed by atoms with Crippen LogP contribution in [0.5, 0.6) is 0 Å². The first-order valence-electron chi connectivity index (χ1n) is 6.04. The van der Waals surface area contributed by atoms with Gasteiger partial charge in [-0.25, -0.2) is 9.97 Å². The van der Waals surface area contributed by atoms with Crippen LogP contribution in [-0.4, -0.2) is 21.5 Å². The fourth-order valence-corrected chi connectivity index (χ4v) is 1.78. The number of aromatic nitrogens is 3. The molecule has 2 aromatic rings. The molecule has 0 aliphatic rings. The first-order valence-corrected chi connectivity index (χ1v) is 6.04. The molecule has 5 nitrogen and oxygen atoms in total.